The van der Waals surface area contributed by atoms with Crippen LogP contribution in [0.4, 0.5) is 5.69 Å². The summed E-state index contributed by atoms with van der Waals surface area (Å²) in [7, 11) is 0. The Hall–Kier alpha value is -2.82. The topological polar surface area (TPSA) is 55.8 Å². The first kappa shape index (κ1) is 16.1. The van der Waals surface area contributed by atoms with Crippen molar-refractivity contribution in [1.82, 2.24) is 0 Å². The summed E-state index contributed by atoms with van der Waals surface area (Å²) in [6.45, 7) is 3.80. The second-order valence-corrected chi connectivity index (χ2v) is 5.77. The maximum absolute atomic E-state index is 12.6. The van der Waals surface area contributed by atoms with Crippen LogP contribution in [0, 0.1) is 0 Å². The molecule has 0 aromatic heterocycles. The van der Waals surface area contributed by atoms with Gasteiger partial charge < -0.3 is 14.4 Å². The Labute approximate surface area is 140 Å². The Bertz CT molecular complexity index is 771. The lowest BCUT2D eigenvalue weighted by Crippen LogP contribution is -2.44. The number of nitrogens with zero attached hydrogens (tertiary/aromatic N) is 1. The zero-order valence-electron chi connectivity index (χ0n) is 13.7. The van der Waals surface area contributed by atoms with Crippen LogP contribution in [0.1, 0.15) is 24.2 Å². The van der Waals surface area contributed by atoms with Gasteiger partial charge in [0.15, 0.2) is 12.4 Å². The van der Waals surface area contributed by atoms with Crippen molar-refractivity contribution in [3.8, 4) is 11.5 Å². The Kier molecular flexibility index (Phi) is 4.51. The average molecular weight is 325 g/mol. The third kappa shape index (κ3) is 3.40. The van der Waals surface area contributed by atoms with Crippen molar-refractivity contribution < 1.29 is 19.1 Å². The summed E-state index contributed by atoms with van der Waals surface area (Å²) in [6.07, 6.45) is -0.0788. The molecule has 5 nitrogen and oxygen atoms in total. The number of ether oxygens (including phenoxy) is 2. The van der Waals surface area contributed by atoms with Gasteiger partial charge in [-0.05, 0) is 38.1 Å². The van der Waals surface area contributed by atoms with E-state index in [4.69, 9.17) is 9.47 Å². The number of para-hydroxylation sites is 2. The quantitative estimate of drug-likeness (QED) is 0.811. The smallest absolute Gasteiger partial charge is 0.265 e. The van der Waals surface area contributed by atoms with Gasteiger partial charge in [-0.2, -0.15) is 0 Å². The van der Waals surface area contributed by atoms with Gasteiger partial charge in [0.05, 0.1) is 12.2 Å². The van der Waals surface area contributed by atoms with Gasteiger partial charge in [-0.25, -0.2) is 0 Å². The molecule has 0 N–H and O–H groups in total. The summed E-state index contributed by atoms with van der Waals surface area (Å²) in [5, 5.41) is 0. The van der Waals surface area contributed by atoms with Gasteiger partial charge in [-0.3, -0.25) is 9.59 Å². The fourth-order valence-corrected chi connectivity index (χ4v) is 2.65. The maximum Gasteiger partial charge on any atom is 0.265 e. The molecule has 0 aliphatic carbocycles. The van der Waals surface area contributed by atoms with Crippen molar-refractivity contribution in [2.75, 3.05) is 18.1 Å². The predicted octanol–water partition coefficient (Wildman–Crippen LogP) is 3.08. The molecule has 0 radical (unpaired) electrons. The number of rotatable bonds is 4. The molecule has 0 spiro atoms. The number of hydrogen-bond donors (Lipinski definition) is 0. The number of benzene rings is 2. The van der Waals surface area contributed by atoms with Crippen molar-refractivity contribution >= 4 is 17.4 Å². The first-order chi connectivity index (χ1) is 11.5. The second-order valence-electron chi connectivity index (χ2n) is 5.77. The number of carbonyl (C=O) groups is 2. The summed E-state index contributed by atoms with van der Waals surface area (Å²) < 4.78 is 11.3. The molecule has 0 saturated carbocycles. The van der Waals surface area contributed by atoms with E-state index < -0.39 is 0 Å². The zero-order valence-corrected chi connectivity index (χ0v) is 13.7. The molecule has 124 valence electrons. The normalized spacial score (nSPS) is 16.1. The van der Waals surface area contributed by atoms with Crippen LogP contribution in [0.15, 0.2) is 48.5 Å². The molecule has 1 unspecified atom stereocenters. The molecule has 0 fully saturated rings. The molecule has 1 atom stereocenters. The van der Waals surface area contributed by atoms with Crippen LogP contribution < -0.4 is 14.4 Å². The largest absolute Gasteiger partial charge is 0.487 e. The first-order valence-electron chi connectivity index (χ1n) is 7.84. The van der Waals surface area contributed by atoms with Gasteiger partial charge >= 0.3 is 0 Å². The Morgan fingerprint density at radius 2 is 2.00 bits per heavy atom. The summed E-state index contributed by atoms with van der Waals surface area (Å²) in [5.74, 6) is 1.02. The molecule has 1 aliphatic heterocycles. The van der Waals surface area contributed by atoms with Crippen molar-refractivity contribution in [1.29, 1.82) is 0 Å². The number of hydrogen-bond acceptors (Lipinski definition) is 4. The molecule has 1 amide bonds. The summed E-state index contributed by atoms with van der Waals surface area (Å²) in [4.78, 5) is 25.7. The molecular weight excluding hydrogens is 306 g/mol. The van der Waals surface area contributed by atoms with E-state index in [-0.39, 0.29) is 24.4 Å². The van der Waals surface area contributed by atoms with Gasteiger partial charge in [0.1, 0.15) is 17.6 Å². The van der Waals surface area contributed by atoms with Crippen LogP contribution >= 0.6 is 0 Å². The molecule has 1 heterocycles. The highest BCUT2D eigenvalue weighted by atomic mass is 16.5. The minimum absolute atomic E-state index is 0.0392. The van der Waals surface area contributed by atoms with Crippen LogP contribution in [0.2, 0.25) is 0 Å². The van der Waals surface area contributed by atoms with Gasteiger partial charge in [0, 0.05) is 5.56 Å². The first-order valence-corrected chi connectivity index (χ1v) is 7.84. The van der Waals surface area contributed by atoms with Crippen LogP contribution in [0.5, 0.6) is 11.5 Å². The van der Waals surface area contributed by atoms with E-state index in [2.05, 4.69) is 0 Å². The molecule has 1 aliphatic rings. The van der Waals surface area contributed by atoms with Gasteiger partial charge in [0.25, 0.3) is 5.91 Å². The molecule has 2 aromatic rings. The van der Waals surface area contributed by atoms with E-state index in [9.17, 15) is 9.59 Å². The number of fused-ring (bicyclic) bond motifs is 1. The fraction of sp³-hybridized carbons (Fsp3) is 0.263. The van der Waals surface area contributed by atoms with Gasteiger partial charge in [-0.15, -0.1) is 0 Å². The summed E-state index contributed by atoms with van der Waals surface area (Å²) >= 11 is 0. The molecule has 3 rings (SSSR count). The van der Waals surface area contributed by atoms with E-state index in [0.29, 0.717) is 23.6 Å². The lowest BCUT2D eigenvalue weighted by atomic mass is 10.1. The Morgan fingerprint density at radius 3 is 2.79 bits per heavy atom. The molecule has 2 aromatic carbocycles. The van der Waals surface area contributed by atoms with E-state index in [0.717, 1.165) is 5.69 Å². The third-order valence-corrected chi connectivity index (χ3v) is 3.83. The van der Waals surface area contributed by atoms with Crippen molar-refractivity contribution in [2.24, 2.45) is 0 Å². The minimum Gasteiger partial charge on any atom is -0.487 e. The van der Waals surface area contributed by atoms with Gasteiger partial charge in [-0.1, -0.05) is 24.3 Å². The lowest BCUT2D eigenvalue weighted by Gasteiger charge is -2.33. The number of ketones is 1. The molecule has 0 saturated heterocycles. The molecule has 5 heteroatoms. The maximum atomic E-state index is 12.6. The monoisotopic (exact) mass is 325 g/mol. The second kappa shape index (κ2) is 6.74. The SMILES string of the molecule is CC(=O)c1cccc(OCC(=O)N2CC(C)Oc3ccccc32)c1. The zero-order chi connectivity index (χ0) is 17.1. The number of carbonyl (C=O) groups excluding carboxylic acids is 2. The minimum atomic E-state index is -0.147. The summed E-state index contributed by atoms with van der Waals surface area (Å²) in [5.41, 5.74) is 1.31. The van der Waals surface area contributed by atoms with Crippen LogP contribution in [0.3, 0.4) is 0 Å². The number of Topliss-reactive ketones (excluding diaryl/α,β-unsaturated/α-hetero) is 1. The Morgan fingerprint density at radius 1 is 1.21 bits per heavy atom. The van der Waals surface area contributed by atoms with Crippen LogP contribution in [-0.2, 0) is 4.79 Å². The van der Waals surface area contributed by atoms with Crippen molar-refractivity contribution in [3.05, 3.63) is 54.1 Å². The average Bonchev–Trinajstić information content (AvgIpc) is 2.59. The highest BCUT2D eigenvalue weighted by molar-refractivity contribution is 5.96. The Balaban J connectivity index is 1.72. The fourth-order valence-electron chi connectivity index (χ4n) is 2.65. The van der Waals surface area contributed by atoms with Crippen LogP contribution in [-0.4, -0.2) is 30.9 Å². The highest BCUT2D eigenvalue weighted by Crippen LogP contribution is 2.33. The van der Waals surface area contributed by atoms with Crippen molar-refractivity contribution in [2.45, 2.75) is 20.0 Å². The van der Waals surface area contributed by atoms with E-state index >= 15 is 0 Å². The molecule has 0 bridgehead atoms. The van der Waals surface area contributed by atoms with Gasteiger partial charge in [0.2, 0.25) is 0 Å². The predicted molar refractivity (Wildman–Crippen MR) is 90.8 cm³/mol. The molecular formula is C19H19NO4. The highest BCUT2D eigenvalue weighted by Gasteiger charge is 2.27. The van der Waals surface area contributed by atoms with Crippen molar-refractivity contribution in [3.63, 3.8) is 0 Å². The lowest BCUT2D eigenvalue weighted by molar-refractivity contribution is -0.121. The third-order valence-electron chi connectivity index (χ3n) is 3.83. The van der Waals surface area contributed by atoms with E-state index in [1.165, 1.54) is 6.92 Å². The number of anilines is 1. The van der Waals surface area contributed by atoms with E-state index in [1.54, 1.807) is 29.2 Å². The summed E-state index contributed by atoms with van der Waals surface area (Å²) in [6, 6.07) is 14.3. The van der Waals surface area contributed by atoms with Crippen LogP contribution in [0.25, 0.3) is 0 Å². The standard InChI is InChI=1S/C19H19NO4/c1-13-11-20(17-8-3-4-9-18(17)24-13)19(22)12-23-16-7-5-6-15(10-16)14(2)21/h3-10,13H,11-12H2,1-2H3. The molecule has 24 heavy (non-hydrogen) atoms. The van der Waals surface area contributed by atoms with E-state index in [1.807, 2.05) is 31.2 Å². The number of amides is 1.